The first-order chi connectivity index (χ1) is 9.31. The van der Waals surface area contributed by atoms with Crippen molar-refractivity contribution in [3.05, 3.63) is 42.0 Å². The second-order valence-electron chi connectivity index (χ2n) is 4.66. The van der Waals surface area contributed by atoms with E-state index in [0.717, 1.165) is 18.6 Å². The summed E-state index contributed by atoms with van der Waals surface area (Å²) in [6.07, 6.45) is 2.17. The minimum Gasteiger partial charge on any atom is -0.485 e. The van der Waals surface area contributed by atoms with Gasteiger partial charge in [-0.25, -0.2) is 0 Å². The van der Waals surface area contributed by atoms with Crippen molar-refractivity contribution in [1.29, 1.82) is 0 Å². The third-order valence-corrected chi connectivity index (χ3v) is 3.10. The SMILES string of the molecule is CC1CCC(c2nc(COc3ccccc3)no2)O1. The quantitative estimate of drug-likeness (QED) is 0.846. The van der Waals surface area contributed by atoms with Gasteiger partial charge in [0.15, 0.2) is 6.61 Å². The van der Waals surface area contributed by atoms with Crippen molar-refractivity contribution in [2.75, 3.05) is 0 Å². The highest BCUT2D eigenvalue weighted by Crippen LogP contribution is 2.31. The van der Waals surface area contributed by atoms with Crippen LogP contribution in [0.5, 0.6) is 5.75 Å². The molecule has 0 spiro atoms. The fourth-order valence-electron chi connectivity index (χ4n) is 2.11. The van der Waals surface area contributed by atoms with Gasteiger partial charge in [-0.2, -0.15) is 4.98 Å². The van der Waals surface area contributed by atoms with Crippen LogP contribution in [0.2, 0.25) is 0 Å². The minimum absolute atomic E-state index is 0.0621. The van der Waals surface area contributed by atoms with Gasteiger partial charge in [-0.15, -0.1) is 0 Å². The van der Waals surface area contributed by atoms with E-state index in [2.05, 4.69) is 17.1 Å². The largest absolute Gasteiger partial charge is 0.485 e. The average Bonchev–Trinajstić information content (AvgIpc) is 3.06. The first-order valence-corrected chi connectivity index (χ1v) is 6.47. The van der Waals surface area contributed by atoms with E-state index in [9.17, 15) is 0 Å². The van der Waals surface area contributed by atoms with Crippen LogP contribution in [-0.4, -0.2) is 16.2 Å². The lowest BCUT2D eigenvalue weighted by Crippen LogP contribution is -2.02. The van der Waals surface area contributed by atoms with Crippen LogP contribution < -0.4 is 4.74 Å². The molecule has 1 aromatic heterocycles. The van der Waals surface area contributed by atoms with Crippen LogP contribution in [0.4, 0.5) is 0 Å². The highest BCUT2D eigenvalue weighted by molar-refractivity contribution is 5.20. The summed E-state index contributed by atoms with van der Waals surface area (Å²) in [4.78, 5) is 4.31. The number of nitrogens with zero attached hydrogens (tertiary/aromatic N) is 2. The summed E-state index contributed by atoms with van der Waals surface area (Å²) in [5.74, 6) is 1.89. The molecule has 1 aliphatic rings. The van der Waals surface area contributed by atoms with E-state index in [1.54, 1.807) is 0 Å². The molecule has 100 valence electrons. The standard InChI is InChI=1S/C14H16N2O3/c1-10-7-8-12(18-10)14-15-13(16-19-14)9-17-11-5-3-2-4-6-11/h2-6,10,12H,7-9H2,1H3. The van der Waals surface area contributed by atoms with E-state index in [1.165, 1.54) is 0 Å². The van der Waals surface area contributed by atoms with Gasteiger partial charge in [0.1, 0.15) is 11.9 Å². The molecule has 2 unspecified atom stereocenters. The highest BCUT2D eigenvalue weighted by Gasteiger charge is 2.28. The summed E-state index contributed by atoms with van der Waals surface area (Å²) < 4.78 is 16.5. The summed E-state index contributed by atoms with van der Waals surface area (Å²) in [6.45, 7) is 2.35. The van der Waals surface area contributed by atoms with Crippen molar-refractivity contribution < 1.29 is 14.0 Å². The number of benzene rings is 1. The first-order valence-electron chi connectivity index (χ1n) is 6.47. The summed E-state index contributed by atoms with van der Waals surface area (Å²) in [7, 11) is 0. The number of hydrogen-bond donors (Lipinski definition) is 0. The summed E-state index contributed by atoms with van der Waals surface area (Å²) in [6, 6.07) is 9.57. The maximum absolute atomic E-state index is 5.69. The van der Waals surface area contributed by atoms with Gasteiger partial charge < -0.3 is 14.0 Å². The molecular formula is C14H16N2O3. The zero-order valence-corrected chi connectivity index (χ0v) is 10.8. The van der Waals surface area contributed by atoms with Crippen LogP contribution in [0.15, 0.2) is 34.9 Å². The first kappa shape index (κ1) is 12.2. The molecule has 2 atom stereocenters. The Morgan fingerprint density at radius 2 is 2.11 bits per heavy atom. The number of aromatic nitrogens is 2. The number of ether oxygens (including phenoxy) is 2. The van der Waals surface area contributed by atoms with Crippen molar-refractivity contribution in [2.45, 2.75) is 38.6 Å². The van der Waals surface area contributed by atoms with Gasteiger partial charge in [-0.1, -0.05) is 23.4 Å². The molecule has 1 saturated heterocycles. The van der Waals surface area contributed by atoms with Gasteiger partial charge in [0.2, 0.25) is 5.82 Å². The van der Waals surface area contributed by atoms with Crippen molar-refractivity contribution in [3.8, 4) is 5.75 Å². The van der Waals surface area contributed by atoms with Crippen LogP contribution in [-0.2, 0) is 11.3 Å². The van der Waals surface area contributed by atoms with E-state index in [1.807, 2.05) is 30.3 Å². The Balaban J connectivity index is 1.59. The molecule has 0 radical (unpaired) electrons. The molecule has 5 nitrogen and oxygen atoms in total. The zero-order chi connectivity index (χ0) is 13.1. The molecule has 5 heteroatoms. The molecule has 0 bridgehead atoms. The summed E-state index contributed by atoms with van der Waals surface area (Å²) in [5, 5.41) is 3.91. The molecule has 2 aromatic rings. The Bertz CT molecular complexity index is 526. The lowest BCUT2D eigenvalue weighted by molar-refractivity contribution is 0.0355. The van der Waals surface area contributed by atoms with Crippen molar-refractivity contribution in [3.63, 3.8) is 0 Å². The molecule has 0 amide bonds. The normalized spacial score (nSPS) is 22.6. The van der Waals surface area contributed by atoms with E-state index in [0.29, 0.717) is 18.3 Å². The topological polar surface area (TPSA) is 57.4 Å². The fraction of sp³-hybridized carbons (Fsp3) is 0.429. The summed E-state index contributed by atoms with van der Waals surface area (Å²) in [5.41, 5.74) is 0. The van der Waals surface area contributed by atoms with Gasteiger partial charge in [-0.05, 0) is 31.9 Å². The fourth-order valence-corrected chi connectivity index (χ4v) is 2.11. The molecular weight excluding hydrogens is 244 g/mol. The molecule has 0 aliphatic carbocycles. The Labute approximate surface area is 111 Å². The van der Waals surface area contributed by atoms with Gasteiger partial charge in [0.25, 0.3) is 5.89 Å². The number of hydrogen-bond acceptors (Lipinski definition) is 5. The number of para-hydroxylation sites is 1. The Kier molecular flexibility index (Phi) is 3.46. The molecule has 0 N–H and O–H groups in total. The smallest absolute Gasteiger partial charge is 0.255 e. The van der Waals surface area contributed by atoms with Crippen LogP contribution in [0.3, 0.4) is 0 Å². The van der Waals surface area contributed by atoms with Gasteiger partial charge in [0.05, 0.1) is 6.10 Å². The van der Waals surface area contributed by atoms with E-state index in [-0.39, 0.29) is 12.2 Å². The Hall–Kier alpha value is -1.88. The number of rotatable bonds is 4. The van der Waals surface area contributed by atoms with Crippen LogP contribution in [0.1, 0.15) is 37.6 Å². The molecule has 1 aromatic carbocycles. The predicted octanol–water partition coefficient (Wildman–Crippen LogP) is 2.89. The second-order valence-corrected chi connectivity index (χ2v) is 4.66. The Morgan fingerprint density at radius 1 is 1.26 bits per heavy atom. The van der Waals surface area contributed by atoms with Gasteiger partial charge in [0, 0.05) is 0 Å². The van der Waals surface area contributed by atoms with Crippen LogP contribution >= 0.6 is 0 Å². The molecule has 19 heavy (non-hydrogen) atoms. The van der Waals surface area contributed by atoms with Crippen molar-refractivity contribution in [2.24, 2.45) is 0 Å². The molecule has 2 heterocycles. The van der Waals surface area contributed by atoms with Crippen LogP contribution in [0.25, 0.3) is 0 Å². The van der Waals surface area contributed by atoms with Crippen LogP contribution in [0, 0.1) is 0 Å². The van der Waals surface area contributed by atoms with E-state index >= 15 is 0 Å². The van der Waals surface area contributed by atoms with Gasteiger partial charge >= 0.3 is 0 Å². The third kappa shape index (κ3) is 2.93. The Morgan fingerprint density at radius 3 is 2.84 bits per heavy atom. The highest BCUT2D eigenvalue weighted by atomic mass is 16.5. The maximum atomic E-state index is 5.69. The molecule has 0 saturated carbocycles. The zero-order valence-electron chi connectivity index (χ0n) is 10.8. The maximum Gasteiger partial charge on any atom is 0.255 e. The van der Waals surface area contributed by atoms with E-state index < -0.39 is 0 Å². The lowest BCUT2D eigenvalue weighted by atomic mass is 10.2. The molecule has 1 fully saturated rings. The van der Waals surface area contributed by atoms with E-state index in [4.69, 9.17) is 14.0 Å². The average molecular weight is 260 g/mol. The second kappa shape index (κ2) is 5.40. The van der Waals surface area contributed by atoms with Crippen molar-refractivity contribution >= 4 is 0 Å². The third-order valence-electron chi connectivity index (χ3n) is 3.10. The van der Waals surface area contributed by atoms with Gasteiger partial charge in [-0.3, -0.25) is 0 Å². The minimum atomic E-state index is -0.0621. The van der Waals surface area contributed by atoms with Crippen molar-refractivity contribution in [1.82, 2.24) is 10.1 Å². The predicted molar refractivity (Wildman–Crippen MR) is 67.6 cm³/mol. The molecule has 3 rings (SSSR count). The monoisotopic (exact) mass is 260 g/mol. The summed E-state index contributed by atoms with van der Waals surface area (Å²) >= 11 is 0. The lowest BCUT2D eigenvalue weighted by Gasteiger charge is -2.04. The molecule has 1 aliphatic heterocycles.